The Hall–Kier alpha value is -5.41. The maximum Gasteiger partial charge on any atom is 0.147 e. The van der Waals surface area contributed by atoms with Gasteiger partial charge in [-0.1, -0.05) is 91.0 Å². The molecule has 10 rings (SSSR count). The molecule has 3 heterocycles. The van der Waals surface area contributed by atoms with E-state index in [1.807, 2.05) is 0 Å². The molecule has 0 bridgehead atoms. The zero-order valence-corrected chi connectivity index (χ0v) is 22.2. The van der Waals surface area contributed by atoms with Gasteiger partial charge in [-0.2, -0.15) is 0 Å². The summed E-state index contributed by atoms with van der Waals surface area (Å²) < 4.78 is 4.85. The summed E-state index contributed by atoms with van der Waals surface area (Å²) in [5.41, 5.74) is 13.5. The van der Waals surface area contributed by atoms with E-state index in [4.69, 9.17) is 4.98 Å². The molecule has 41 heavy (non-hydrogen) atoms. The van der Waals surface area contributed by atoms with E-state index in [1.54, 1.807) is 0 Å². The maximum atomic E-state index is 5.36. The molecule has 190 valence electrons. The van der Waals surface area contributed by atoms with Gasteiger partial charge >= 0.3 is 0 Å². The van der Waals surface area contributed by atoms with Gasteiger partial charge in [-0.05, 0) is 64.0 Å². The molecule has 0 atom stereocenters. The molecule has 3 heteroatoms. The van der Waals surface area contributed by atoms with Crippen LogP contribution in [0.1, 0.15) is 11.1 Å². The van der Waals surface area contributed by atoms with Gasteiger partial charge < -0.3 is 4.57 Å². The van der Waals surface area contributed by atoms with Crippen LogP contribution in [-0.4, -0.2) is 14.0 Å². The average molecular weight is 522 g/mol. The lowest BCUT2D eigenvalue weighted by Gasteiger charge is -2.14. The molecule has 0 fully saturated rings. The van der Waals surface area contributed by atoms with Crippen molar-refractivity contribution < 1.29 is 0 Å². The second-order valence-corrected chi connectivity index (χ2v) is 11.2. The first kappa shape index (κ1) is 21.4. The van der Waals surface area contributed by atoms with Gasteiger partial charge in [-0.3, -0.25) is 4.40 Å². The maximum absolute atomic E-state index is 5.36. The number of pyridine rings is 1. The van der Waals surface area contributed by atoms with Crippen LogP contribution in [0.2, 0.25) is 0 Å². The number of fused-ring (bicyclic) bond motifs is 16. The first-order chi connectivity index (χ1) is 20.4. The van der Waals surface area contributed by atoms with Crippen LogP contribution in [0, 0.1) is 0 Å². The van der Waals surface area contributed by atoms with E-state index in [2.05, 4.69) is 136 Å². The Morgan fingerprint density at radius 1 is 0.512 bits per heavy atom. The fourth-order valence-corrected chi connectivity index (χ4v) is 7.46. The normalized spacial score (nSPS) is 12.8. The highest BCUT2D eigenvalue weighted by atomic mass is 15.0. The third-order valence-electron chi connectivity index (χ3n) is 9.11. The van der Waals surface area contributed by atoms with E-state index in [1.165, 1.54) is 71.4 Å². The molecule has 1 aliphatic carbocycles. The summed E-state index contributed by atoms with van der Waals surface area (Å²) >= 11 is 0. The van der Waals surface area contributed by atoms with Gasteiger partial charge in [0.05, 0.1) is 27.6 Å². The molecule has 3 aromatic heterocycles. The third-order valence-corrected chi connectivity index (χ3v) is 9.11. The Labute approximate surface area is 235 Å². The first-order valence-corrected chi connectivity index (χ1v) is 14.2. The molecule has 6 aromatic carbocycles. The Kier molecular flexibility index (Phi) is 3.98. The van der Waals surface area contributed by atoms with E-state index >= 15 is 0 Å². The number of para-hydroxylation sites is 4. The SMILES string of the molecule is c1ccc(-n2c3ccccc3c3c4c(ccc32)c2ccc3c(c2n2c5ccccc5nc42)Cc2ccccc2-3)cc1. The lowest BCUT2D eigenvalue weighted by Crippen LogP contribution is -1.97. The molecule has 0 saturated carbocycles. The summed E-state index contributed by atoms with van der Waals surface area (Å²) in [6.45, 7) is 0. The van der Waals surface area contributed by atoms with Gasteiger partial charge in [0.1, 0.15) is 5.65 Å². The number of hydrogen-bond donors (Lipinski definition) is 0. The van der Waals surface area contributed by atoms with Crippen molar-refractivity contribution in [3.8, 4) is 16.8 Å². The quantitative estimate of drug-likeness (QED) is 0.197. The highest BCUT2D eigenvalue weighted by Crippen LogP contribution is 2.46. The van der Waals surface area contributed by atoms with Crippen molar-refractivity contribution in [2.45, 2.75) is 6.42 Å². The van der Waals surface area contributed by atoms with E-state index in [0.29, 0.717) is 0 Å². The van der Waals surface area contributed by atoms with Crippen molar-refractivity contribution in [3.05, 3.63) is 139 Å². The predicted molar refractivity (Wildman–Crippen MR) is 170 cm³/mol. The molecular weight excluding hydrogens is 498 g/mol. The molecule has 3 nitrogen and oxygen atoms in total. The van der Waals surface area contributed by atoms with E-state index in [9.17, 15) is 0 Å². The number of imidazole rings is 1. The fraction of sp³-hybridized carbons (Fsp3) is 0.0263. The third kappa shape index (κ3) is 2.66. The largest absolute Gasteiger partial charge is 0.309 e. The van der Waals surface area contributed by atoms with Gasteiger partial charge in [0.15, 0.2) is 0 Å². The standard InChI is InChI=1S/C38H23N3/c1-2-11-24(12-3-1)40-32-16-8-6-14-29(32)35-34(40)21-20-27-28-19-18-26-25-13-5-4-10-23(25)22-30(26)37(28)41-33-17-9-7-15-31(33)39-38(41)36(27)35/h1-21H,22H2. The molecule has 1 aliphatic rings. The van der Waals surface area contributed by atoms with Crippen molar-refractivity contribution in [2.24, 2.45) is 0 Å². The number of nitrogens with zero attached hydrogens (tertiary/aromatic N) is 3. The van der Waals surface area contributed by atoms with Crippen molar-refractivity contribution in [1.29, 1.82) is 0 Å². The average Bonchev–Trinajstić information content (AvgIpc) is 3.71. The van der Waals surface area contributed by atoms with Crippen LogP contribution in [0.3, 0.4) is 0 Å². The predicted octanol–water partition coefficient (Wildman–Crippen LogP) is 9.46. The summed E-state index contributed by atoms with van der Waals surface area (Å²) in [5, 5.41) is 6.25. The Balaban J connectivity index is 1.48. The van der Waals surface area contributed by atoms with Gasteiger partial charge in [0.25, 0.3) is 0 Å². The van der Waals surface area contributed by atoms with Crippen molar-refractivity contribution >= 4 is 60.2 Å². The second kappa shape index (κ2) is 7.61. The molecule has 9 aromatic rings. The first-order valence-electron chi connectivity index (χ1n) is 14.2. The van der Waals surface area contributed by atoms with Gasteiger partial charge in [-0.25, -0.2) is 4.98 Å². The molecular formula is C38H23N3. The van der Waals surface area contributed by atoms with Gasteiger partial charge in [-0.15, -0.1) is 0 Å². The van der Waals surface area contributed by atoms with Crippen LogP contribution in [0.5, 0.6) is 0 Å². The fourth-order valence-electron chi connectivity index (χ4n) is 7.46. The van der Waals surface area contributed by atoms with Crippen molar-refractivity contribution in [2.75, 3.05) is 0 Å². The number of benzene rings is 6. The Morgan fingerprint density at radius 3 is 2.20 bits per heavy atom. The lowest BCUT2D eigenvalue weighted by molar-refractivity contribution is 1.18. The molecule has 0 spiro atoms. The number of rotatable bonds is 1. The van der Waals surface area contributed by atoms with Crippen LogP contribution >= 0.6 is 0 Å². The Bertz CT molecular complexity index is 2550. The lowest BCUT2D eigenvalue weighted by atomic mass is 9.96. The minimum absolute atomic E-state index is 0.936. The van der Waals surface area contributed by atoms with Crippen LogP contribution in [0.25, 0.3) is 77.0 Å². The molecule has 0 N–H and O–H groups in total. The minimum Gasteiger partial charge on any atom is -0.309 e. The monoisotopic (exact) mass is 521 g/mol. The van der Waals surface area contributed by atoms with Crippen LogP contribution in [-0.2, 0) is 6.42 Å². The van der Waals surface area contributed by atoms with E-state index < -0.39 is 0 Å². The highest BCUT2D eigenvalue weighted by molar-refractivity contribution is 6.30. The molecule has 0 unspecified atom stereocenters. The molecule has 0 radical (unpaired) electrons. The minimum atomic E-state index is 0.936. The molecule has 0 saturated heterocycles. The van der Waals surface area contributed by atoms with Crippen LogP contribution in [0.15, 0.2) is 127 Å². The van der Waals surface area contributed by atoms with E-state index in [-0.39, 0.29) is 0 Å². The topological polar surface area (TPSA) is 22.2 Å². The number of hydrogen-bond acceptors (Lipinski definition) is 1. The van der Waals surface area contributed by atoms with Crippen molar-refractivity contribution in [1.82, 2.24) is 14.0 Å². The highest BCUT2D eigenvalue weighted by Gasteiger charge is 2.26. The van der Waals surface area contributed by atoms with Gasteiger partial charge in [0.2, 0.25) is 0 Å². The van der Waals surface area contributed by atoms with E-state index in [0.717, 1.165) is 23.1 Å². The van der Waals surface area contributed by atoms with Crippen LogP contribution < -0.4 is 0 Å². The van der Waals surface area contributed by atoms with Crippen molar-refractivity contribution in [3.63, 3.8) is 0 Å². The summed E-state index contributed by atoms with van der Waals surface area (Å²) in [5.74, 6) is 0. The summed E-state index contributed by atoms with van der Waals surface area (Å²) in [7, 11) is 0. The number of aromatic nitrogens is 3. The smallest absolute Gasteiger partial charge is 0.147 e. The summed E-state index contributed by atoms with van der Waals surface area (Å²) in [6.07, 6.45) is 0.936. The Morgan fingerprint density at radius 2 is 1.27 bits per heavy atom. The summed E-state index contributed by atoms with van der Waals surface area (Å²) in [6, 6.07) is 46.2. The molecule has 0 amide bonds. The van der Waals surface area contributed by atoms with Gasteiger partial charge in [0, 0.05) is 33.7 Å². The zero-order valence-electron chi connectivity index (χ0n) is 22.2. The zero-order chi connectivity index (χ0) is 26.7. The second-order valence-electron chi connectivity index (χ2n) is 11.2. The summed E-state index contributed by atoms with van der Waals surface area (Å²) in [4.78, 5) is 5.36. The van der Waals surface area contributed by atoms with Crippen LogP contribution in [0.4, 0.5) is 0 Å². The molecule has 0 aliphatic heterocycles.